The van der Waals surface area contributed by atoms with Crippen LogP contribution in [-0.4, -0.2) is 24.0 Å². The van der Waals surface area contributed by atoms with E-state index >= 15 is 0 Å². The molecule has 0 atom stereocenters. The van der Waals surface area contributed by atoms with E-state index in [0.29, 0.717) is 12.5 Å². The van der Waals surface area contributed by atoms with Gasteiger partial charge in [0.2, 0.25) is 0 Å². The molecule has 4 nitrogen and oxygen atoms in total. The number of pyridine rings is 1. The smallest absolute Gasteiger partial charge is 0.253 e. The molecule has 0 spiro atoms. The number of amides is 1. The molecule has 4 heteroatoms. The zero-order valence-corrected chi connectivity index (χ0v) is 12.4. The number of nitrogens with zero attached hydrogens (tertiary/aromatic N) is 2. The fourth-order valence-electron chi connectivity index (χ4n) is 2.91. The Hall–Kier alpha value is -2.20. The first kappa shape index (κ1) is 13.5. The van der Waals surface area contributed by atoms with E-state index in [4.69, 9.17) is 4.74 Å². The lowest BCUT2D eigenvalue weighted by molar-refractivity contribution is -0.123. The third-order valence-electron chi connectivity index (χ3n) is 4.31. The molecule has 0 saturated heterocycles. The van der Waals surface area contributed by atoms with Gasteiger partial charge in [0.25, 0.3) is 5.91 Å². The van der Waals surface area contributed by atoms with Crippen molar-refractivity contribution in [2.24, 2.45) is 5.92 Å². The average Bonchev–Trinajstić information content (AvgIpc) is 3.38. The molecule has 1 aromatic carbocycles. The van der Waals surface area contributed by atoms with E-state index in [-0.39, 0.29) is 12.5 Å². The minimum absolute atomic E-state index is 0.0716. The molecule has 1 amide bonds. The summed E-state index contributed by atoms with van der Waals surface area (Å²) >= 11 is 0. The van der Waals surface area contributed by atoms with Crippen molar-refractivity contribution >= 4 is 11.6 Å². The molecule has 22 heavy (non-hydrogen) atoms. The maximum atomic E-state index is 12.3. The number of anilines is 1. The Labute approximate surface area is 129 Å². The number of carbonyl (C=O) groups excluding carboxylic acids is 1. The van der Waals surface area contributed by atoms with Crippen molar-refractivity contribution in [2.45, 2.75) is 19.4 Å². The summed E-state index contributed by atoms with van der Waals surface area (Å²) in [6.45, 7) is 1.48. The van der Waals surface area contributed by atoms with E-state index in [9.17, 15) is 4.79 Å². The second-order valence-electron chi connectivity index (χ2n) is 6.02. The Balaban J connectivity index is 1.72. The number of ether oxygens (including phenoxy) is 1. The lowest BCUT2D eigenvalue weighted by Crippen LogP contribution is -2.34. The molecule has 1 aliphatic heterocycles. The number of rotatable bonds is 3. The highest BCUT2D eigenvalue weighted by molar-refractivity contribution is 5.96. The molecule has 0 radical (unpaired) electrons. The van der Waals surface area contributed by atoms with Gasteiger partial charge >= 0.3 is 0 Å². The van der Waals surface area contributed by atoms with Crippen molar-refractivity contribution in [3.05, 3.63) is 48.3 Å². The molecule has 1 fully saturated rings. The van der Waals surface area contributed by atoms with Gasteiger partial charge < -0.3 is 9.64 Å². The van der Waals surface area contributed by atoms with Gasteiger partial charge in [0.1, 0.15) is 6.61 Å². The summed E-state index contributed by atoms with van der Waals surface area (Å²) < 4.78 is 5.55. The second-order valence-corrected chi connectivity index (χ2v) is 6.02. The molecule has 0 bridgehead atoms. The van der Waals surface area contributed by atoms with Crippen LogP contribution in [0, 0.1) is 5.92 Å². The summed E-state index contributed by atoms with van der Waals surface area (Å²) in [4.78, 5) is 18.3. The van der Waals surface area contributed by atoms with Crippen LogP contribution in [0.25, 0.3) is 11.1 Å². The monoisotopic (exact) mass is 294 g/mol. The molecular weight excluding hydrogens is 276 g/mol. The van der Waals surface area contributed by atoms with Crippen LogP contribution in [0.3, 0.4) is 0 Å². The predicted octanol–water partition coefficient (Wildman–Crippen LogP) is 3.02. The number of hydrogen-bond donors (Lipinski definition) is 0. The van der Waals surface area contributed by atoms with Crippen LogP contribution in [0.1, 0.15) is 18.4 Å². The first-order valence-corrected chi connectivity index (χ1v) is 7.73. The zero-order valence-electron chi connectivity index (χ0n) is 12.4. The Bertz CT molecular complexity index is 695. The summed E-state index contributed by atoms with van der Waals surface area (Å²) in [6.07, 6.45) is 6.05. The van der Waals surface area contributed by atoms with E-state index in [2.05, 4.69) is 23.2 Å². The molecule has 0 unspecified atom stereocenters. The van der Waals surface area contributed by atoms with Crippen molar-refractivity contribution in [3.8, 4) is 11.1 Å². The van der Waals surface area contributed by atoms with Crippen molar-refractivity contribution in [1.82, 2.24) is 4.98 Å². The Kier molecular flexibility index (Phi) is 3.39. The van der Waals surface area contributed by atoms with Gasteiger partial charge in [-0.3, -0.25) is 9.78 Å². The lowest BCUT2D eigenvalue weighted by Gasteiger charge is -2.22. The fraction of sp³-hybridized carbons (Fsp3) is 0.333. The average molecular weight is 294 g/mol. The first-order chi connectivity index (χ1) is 10.8. The largest absolute Gasteiger partial charge is 0.367 e. The molecule has 1 aromatic heterocycles. The fourth-order valence-corrected chi connectivity index (χ4v) is 2.91. The highest BCUT2D eigenvalue weighted by Crippen LogP contribution is 2.35. The van der Waals surface area contributed by atoms with Crippen molar-refractivity contribution < 1.29 is 9.53 Å². The molecule has 0 N–H and O–H groups in total. The second kappa shape index (κ2) is 5.54. The Morgan fingerprint density at radius 1 is 1.09 bits per heavy atom. The van der Waals surface area contributed by atoms with Crippen molar-refractivity contribution in [1.29, 1.82) is 0 Å². The van der Waals surface area contributed by atoms with E-state index < -0.39 is 0 Å². The van der Waals surface area contributed by atoms with E-state index in [1.54, 1.807) is 12.4 Å². The standard InChI is InChI=1S/C18H18N2O2/c21-18-12-22-11-16-9-15(14-5-7-19-8-6-14)3-4-17(16)20(18)10-13-1-2-13/h3-9,13H,1-2,10-12H2. The highest BCUT2D eigenvalue weighted by atomic mass is 16.5. The molecule has 1 saturated carbocycles. The highest BCUT2D eigenvalue weighted by Gasteiger charge is 2.30. The van der Waals surface area contributed by atoms with Gasteiger partial charge in [-0.15, -0.1) is 0 Å². The Morgan fingerprint density at radius 2 is 1.91 bits per heavy atom. The molecular formula is C18H18N2O2. The van der Waals surface area contributed by atoms with Crippen molar-refractivity contribution in [3.63, 3.8) is 0 Å². The minimum atomic E-state index is 0.0716. The molecule has 2 aliphatic rings. The van der Waals surface area contributed by atoms with Gasteiger partial charge in [0.05, 0.1) is 6.61 Å². The van der Waals surface area contributed by atoms with Crippen molar-refractivity contribution in [2.75, 3.05) is 18.1 Å². The number of benzene rings is 1. The molecule has 4 rings (SSSR count). The van der Waals surface area contributed by atoms with Gasteiger partial charge in [0.15, 0.2) is 0 Å². The van der Waals surface area contributed by atoms with Crippen LogP contribution in [-0.2, 0) is 16.1 Å². The van der Waals surface area contributed by atoms with Gasteiger partial charge in [-0.05, 0) is 54.2 Å². The number of hydrogen-bond acceptors (Lipinski definition) is 3. The van der Waals surface area contributed by atoms with E-state index in [1.165, 1.54) is 12.8 Å². The predicted molar refractivity (Wildman–Crippen MR) is 84.4 cm³/mol. The van der Waals surface area contributed by atoms with Gasteiger partial charge in [-0.25, -0.2) is 0 Å². The maximum absolute atomic E-state index is 12.3. The SMILES string of the molecule is O=C1COCc2cc(-c3ccncc3)ccc2N1CC1CC1. The quantitative estimate of drug-likeness (QED) is 0.874. The van der Waals surface area contributed by atoms with E-state index in [0.717, 1.165) is 28.9 Å². The van der Waals surface area contributed by atoms with Crippen LogP contribution in [0.5, 0.6) is 0 Å². The van der Waals surface area contributed by atoms with E-state index in [1.807, 2.05) is 17.0 Å². The third-order valence-corrected chi connectivity index (χ3v) is 4.31. The number of aromatic nitrogens is 1. The topological polar surface area (TPSA) is 42.4 Å². The van der Waals surface area contributed by atoms with Gasteiger partial charge in [0, 0.05) is 30.2 Å². The first-order valence-electron chi connectivity index (χ1n) is 7.73. The summed E-state index contributed by atoms with van der Waals surface area (Å²) in [7, 11) is 0. The summed E-state index contributed by atoms with van der Waals surface area (Å²) in [6, 6.07) is 10.2. The zero-order chi connectivity index (χ0) is 14.9. The molecule has 1 aliphatic carbocycles. The van der Waals surface area contributed by atoms with Gasteiger partial charge in [-0.1, -0.05) is 6.07 Å². The lowest BCUT2D eigenvalue weighted by atomic mass is 10.0. The summed E-state index contributed by atoms with van der Waals surface area (Å²) in [5.74, 6) is 0.733. The molecule has 2 heterocycles. The summed E-state index contributed by atoms with van der Waals surface area (Å²) in [5.41, 5.74) is 4.35. The van der Waals surface area contributed by atoms with Crippen LogP contribution >= 0.6 is 0 Å². The minimum Gasteiger partial charge on any atom is -0.367 e. The number of fused-ring (bicyclic) bond motifs is 1. The van der Waals surface area contributed by atoms with Crippen LogP contribution in [0.4, 0.5) is 5.69 Å². The van der Waals surface area contributed by atoms with Crippen LogP contribution in [0.2, 0.25) is 0 Å². The molecule has 112 valence electrons. The van der Waals surface area contributed by atoms with Gasteiger partial charge in [-0.2, -0.15) is 0 Å². The summed E-state index contributed by atoms with van der Waals surface area (Å²) in [5, 5.41) is 0. The Morgan fingerprint density at radius 3 is 2.68 bits per heavy atom. The number of carbonyl (C=O) groups is 1. The van der Waals surface area contributed by atoms with Crippen LogP contribution < -0.4 is 4.90 Å². The van der Waals surface area contributed by atoms with Crippen LogP contribution in [0.15, 0.2) is 42.7 Å². The molecule has 2 aromatic rings. The normalized spacial score (nSPS) is 18.0. The third kappa shape index (κ3) is 2.62. The maximum Gasteiger partial charge on any atom is 0.253 e.